The third-order valence-electron chi connectivity index (χ3n) is 5.91. The van der Waals surface area contributed by atoms with E-state index in [0.29, 0.717) is 35.3 Å². The van der Waals surface area contributed by atoms with Crippen LogP contribution in [0.5, 0.6) is 0 Å². The van der Waals surface area contributed by atoms with Crippen LogP contribution in [0, 0.1) is 0 Å². The summed E-state index contributed by atoms with van der Waals surface area (Å²) in [5, 5.41) is 1.06. The highest BCUT2D eigenvalue weighted by Gasteiger charge is 2.35. The smallest absolute Gasteiger partial charge is 0.410 e. The lowest BCUT2D eigenvalue weighted by Crippen LogP contribution is -2.40. The molecule has 2 amide bonds. The van der Waals surface area contributed by atoms with Crippen LogP contribution in [0.2, 0.25) is 4.34 Å². The number of carbonyl (C=O) groups is 2. The molecule has 4 rings (SSSR count). The van der Waals surface area contributed by atoms with Crippen molar-refractivity contribution in [3.63, 3.8) is 0 Å². The maximum Gasteiger partial charge on any atom is 0.410 e. The lowest BCUT2D eigenvalue weighted by molar-refractivity contribution is -0.118. The van der Waals surface area contributed by atoms with Crippen LogP contribution >= 0.6 is 22.9 Å². The molecule has 194 valence electrons. The molecule has 1 saturated heterocycles. The first kappa shape index (κ1) is 26.7. The Kier molecular flexibility index (Phi) is 7.80. The van der Waals surface area contributed by atoms with Crippen LogP contribution in [-0.2, 0) is 32.5 Å². The summed E-state index contributed by atoms with van der Waals surface area (Å²) in [6, 6.07) is 8.36. The molecule has 1 atom stereocenters. The van der Waals surface area contributed by atoms with Gasteiger partial charge in [0.25, 0.3) is 0 Å². The van der Waals surface area contributed by atoms with Crippen molar-refractivity contribution in [1.29, 1.82) is 0 Å². The Morgan fingerprint density at radius 1 is 1.19 bits per heavy atom. The topological polar surface area (TPSA) is 96.0 Å². The maximum atomic E-state index is 13.1. The number of carbonyl (C=O) groups excluding carboxylic acids is 2. The fourth-order valence-electron chi connectivity index (χ4n) is 4.25. The zero-order valence-electron chi connectivity index (χ0n) is 20.5. The predicted octanol–water partition coefficient (Wildman–Crippen LogP) is 4.78. The first-order chi connectivity index (χ1) is 16.9. The van der Waals surface area contributed by atoms with Gasteiger partial charge in [-0.25, -0.2) is 13.2 Å². The van der Waals surface area contributed by atoms with E-state index < -0.39 is 21.7 Å². The second-order valence-corrected chi connectivity index (χ2v) is 13.2. The molecule has 2 aliphatic rings. The molecule has 0 radical (unpaired) electrons. The van der Waals surface area contributed by atoms with E-state index in [9.17, 15) is 18.0 Å². The molecule has 2 aromatic rings. The van der Waals surface area contributed by atoms with Gasteiger partial charge in [-0.2, -0.15) is 4.72 Å². The SMILES string of the molecule is CC(C)(C)OC(=O)N1CCCc2cc(N3CC[C@H](NS(=O)(=O)C=Cc4ccc(Cl)s4)C3=O)ccc2C1. The highest BCUT2D eigenvalue weighted by atomic mass is 35.5. The van der Waals surface area contributed by atoms with Crippen LogP contribution in [0.3, 0.4) is 0 Å². The number of halogens is 1. The maximum absolute atomic E-state index is 13.1. The van der Waals surface area contributed by atoms with Crippen molar-refractivity contribution in [3.05, 3.63) is 56.1 Å². The number of ether oxygens (including phenoxy) is 1. The Balaban J connectivity index is 1.42. The van der Waals surface area contributed by atoms with Gasteiger partial charge in [0.05, 0.1) is 4.34 Å². The molecule has 0 spiro atoms. The molecular formula is C25H30ClN3O5S2. The quantitative estimate of drug-likeness (QED) is 0.577. The van der Waals surface area contributed by atoms with E-state index >= 15 is 0 Å². The van der Waals surface area contributed by atoms with E-state index in [0.717, 1.165) is 35.1 Å². The molecule has 2 aliphatic heterocycles. The van der Waals surface area contributed by atoms with Crippen molar-refractivity contribution in [2.45, 2.75) is 58.2 Å². The van der Waals surface area contributed by atoms with Crippen LogP contribution in [0.1, 0.15) is 49.6 Å². The molecule has 3 heterocycles. The van der Waals surface area contributed by atoms with Crippen molar-refractivity contribution in [3.8, 4) is 0 Å². The number of amides is 2. The number of benzene rings is 1. The molecule has 1 aromatic heterocycles. The van der Waals surface area contributed by atoms with Crippen molar-refractivity contribution in [1.82, 2.24) is 9.62 Å². The van der Waals surface area contributed by atoms with E-state index in [1.54, 1.807) is 21.9 Å². The Bertz CT molecular complexity index is 1280. The molecule has 36 heavy (non-hydrogen) atoms. The fourth-order valence-corrected chi connectivity index (χ4v) is 6.32. The number of rotatable bonds is 5. The Labute approximate surface area is 220 Å². The number of aryl methyl sites for hydroxylation is 1. The normalized spacial score (nSPS) is 19.0. The van der Waals surface area contributed by atoms with Gasteiger partial charge < -0.3 is 14.5 Å². The second kappa shape index (κ2) is 10.5. The van der Waals surface area contributed by atoms with Crippen LogP contribution in [0.25, 0.3) is 6.08 Å². The van der Waals surface area contributed by atoms with Gasteiger partial charge in [-0.1, -0.05) is 17.7 Å². The number of hydrogen-bond acceptors (Lipinski definition) is 6. The number of hydrogen-bond donors (Lipinski definition) is 1. The summed E-state index contributed by atoms with van der Waals surface area (Å²) in [6.07, 6.45) is 3.07. The molecule has 1 N–H and O–H groups in total. The number of nitrogens with zero attached hydrogens (tertiary/aromatic N) is 2. The van der Waals surface area contributed by atoms with Crippen molar-refractivity contribution in [2.24, 2.45) is 0 Å². The van der Waals surface area contributed by atoms with Gasteiger partial charge in [-0.05, 0) is 81.5 Å². The molecule has 0 saturated carbocycles. The van der Waals surface area contributed by atoms with Crippen LogP contribution < -0.4 is 9.62 Å². The van der Waals surface area contributed by atoms with E-state index in [4.69, 9.17) is 16.3 Å². The summed E-state index contributed by atoms with van der Waals surface area (Å²) >= 11 is 7.15. The van der Waals surface area contributed by atoms with Crippen molar-refractivity contribution >= 4 is 56.7 Å². The minimum absolute atomic E-state index is 0.282. The summed E-state index contributed by atoms with van der Waals surface area (Å²) in [4.78, 5) is 29.7. The Hall–Kier alpha value is -2.40. The number of anilines is 1. The van der Waals surface area contributed by atoms with E-state index in [2.05, 4.69) is 4.72 Å². The van der Waals surface area contributed by atoms with E-state index in [1.165, 1.54) is 17.4 Å². The lowest BCUT2D eigenvalue weighted by atomic mass is 10.0. The Morgan fingerprint density at radius 3 is 2.67 bits per heavy atom. The van der Waals surface area contributed by atoms with Gasteiger partial charge in [-0.15, -0.1) is 11.3 Å². The van der Waals surface area contributed by atoms with Crippen molar-refractivity contribution < 1.29 is 22.7 Å². The summed E-state index contributed by atoms with van der Waals surface area (Å²) in [5.41, 5.74) is 2.27. The summed E-state index contributed by atoms with van der Waals surface area (Å²) in [6.45, 7) is 7.00. The van der Waals surface area contributed by atoms with E-state index in [-0.39, 0.29) is 12.0 Å². The van der Waals surface area contributed by atoms with Gasteiger partial charge in [0.1, 0.15) is 11.6 Å². The lowest BCUT2D eigenvalue weighted by Gasteiger charge is -2.26. The van der Waals surface area contributed by atoms with Gasteiger partial charge in [-0.3, -0.25) is 4.79 Å². The summed E-state index contributed by atoms with van der Waals surface area (Å²) in [7, 11) is -3.80. The molecule has 1 aromatic carbocycles. The van der Waals surface area contributed by atoms with Gasteiger partial charge in [0.15, 0.2) is 0 Å². The minimum Gasteiger partial charge on any atom is -0.444 e. The first-order valence-electron chi connectivity index (χ1n) is 11.8. The zero-order valence-corrected chi connectivity index (χ0v) is 22.9. The molecule has 0 bridgehead atoms. The first-order valence-corrected chi connectivity index (χ1v) is 14.5. The number of sulfonamides is 1. The standard InChI is InChI=1S/C25H30ClN3O5S2/c1-25(2,3)34-24(31)28-12-4-5-17-15-19(7-6-18(17)16-28)29-13-10-21(23(29)30)27-36(32,33)14-11-20-8-9-22(26)35-20/h6-9,11,14-15,21,27H,4-5,10,12-13,16H2,1-3H3/t21-/m0/s1. The highest BCUT2D eigenvalue weighted by Crippen LogP contribution is 2.29. The number of nitrogens with one attached hydrogen (secondary N) is 1. The monoisotopic (exact) mass is 551 g/mol. The molecular weight excluding hydrogens is 522 g/mol. The average Bonchev–Trinajstić information content (AvgIpc) is 3.28. The van der Waals surface area contributed by atoms with Gasteiger partial charge in [0.2, 0.25) is 15.9 Å². The third-order valence-corrected chi connectivity index (χ3v) is 8.21. The van der Waals surface area contributed by atoms with Gasteiger partial charge in [0, 0.05) is 35.6 Å². The second-order valence-electron chi connectivity index (χ2n) is 9.90. The summed E-state index contributed by atoms with van der Waals surface area (Å²) in [5.74, 6) is -0.282. The Morgan fingerprint density at radius 2 is 1.97 bits per heavy atom. The van der Waals surface area contributed by atoms with Gasteiger partial charge >= 0.3 is 6.09 Å². The molecule has 1 fully saturated rings. The number of thiophene rings is 1. The zero-order chi connectivity index (χ0) is 26.1. The largest absolute Gasteiger partial charge is 0.444 e. The fraction of sp³-hybridized carbons (Fsp3) is 0.440. The van der Waals surface area contributed by atoms with Crippen LogP contribution in [0.15, 0.2) is 35.7 Å². The van der Waals surface area contributed by atoms with E-state index in [1.807, 2.05) is 39.0 Å². The molecule has 0 aliphatic carbocycles. The highest BCUT2D eigenvalue weighted by molar-refractivity contribution is 7.92. The minimum atomic E-state index is -3.80. The summed E-state index contributed by atoms with van der Waals surface area (Å²) < 4.78 is 33.6. The molecule has 11 heteroatoms. The molecule has 8 nitrogen and oxygen atoms in total. The van der Waals surface area contributed by atoms with Crippen molar-refractivity contribution in [2.75, 3.05) is 18.0 Å². The van der Waals surface area contributed by atoms with Crippen LogP contribution in [0.4, 0.5) is 10.5 Å². The third kappa shape index (κ3) is 6.67. The predicted molar refractivity (Wildman–Crippen MR) is 143 cm³/mol. The van der Waals surface area contributed by atoms with Crippen LogP contribution in [-0.4, -0.2) is 50.1 Å². The average molecular weight is 552 g/mol. The number of fused-ring (bicyclic) bond motifs is 1. The molecule has 0 unspecified atom stereocenters.